The molecule has 0 spiro atoms. The Hall–Kier alpha value is -1.75. The smallest absolute Gasteiger partial charge is 0.238 e. The van der Waals surface area contributed by atoms with Gasteiger partial charge < -0.3 is 10.1 Å². The molecule has 6 heteroatoms. The number of aryl methyl sites for hydroxylation is 2. The highest BCUT2D eigenvalue weighted by atomic mass is 35.5. The van der Waals surface area contributed by atoms with Crippen molar-refractivity contribution < 1.29 is 9.53 Å². The molecule has 0 heterocycles. The summed E-state index contributed by atoms with van der Waals surface area (Å²) in [5.74, 6) is 0.531. The highest BCUT2D eigenvalue weighted by molar-refractivity contribution is 6.35. The van der Waals surface area contributed by atoms with E-state index < -0.39 is 0 Å². The van der Waals surface area contributed by atoms with E-state index in [0.29, 0.717) is 28.9 Å². The molecule has 1 amide bonds. The van der Waals surface area contributed by atoms with Crippen LogP contribution in [0.15, 0.2) is 36.4 Å². The zero-order valence-corrected chi connectivity index (χ0v) is 16.1. The van der Waals surface area contributed by atoms with Crippen molar-refractivity contribution in [1.29, 1.82) is 0 Å². The van der Waals surface area contributed by atoms with E-state index in [1.165, 1.54) is 0 Å². The highest BCUT2D eigenvalue weighted by Crippen LogP contribution is 2.27. The fourth-order valence-corrected chi connectivity index (χ4v) is 2.88. The number of amides is 1. The third kappa shape index (κ3) is 5.92. The maximum atomic E-state index is 12.2. The van der Waals surface area contributed by atoms with Crippen LogP contribution in [0.4, 0.5) is 5.69 Å². The molecule has 25 heavy (non-hydrogen) atoms. The van der Waals surface area contributed by atoms with E-state index in [2.05, 4.69) is 5.32 Å². The number of hydrogen-bond acceptors (Lipinski definition) is 3. The van der Waals surface area contributed by atoms with Crippen LogP contribution in [0.25, 0.3) is 0 Å². The second kappa shape index (κ2) is 9.09. The number of nitrogens with zero attached hydrogens (tertiary/aromatic N) is 1. The number of hydrogen-bond donors (Lipinski definition) is 1. The monoisotopic (exact) mass is 380 g/mol. The van der Waals surface area contributed by atoms with E-state index in [9.17, 15) is 4.79 Å². The molecular weight excluding hydrogens is 359 g/mol. The van der Waals surface area contributed by atoms with Gasteiger partial charge in [-0.3, -0.25) is 9.69 Å². The van der Waals surface area contributed by atoms with Crippen molar-refractivity contribution in [2.45, 2.75) is 13.8 Å². The fraction of sp³-hybridized carbons (Fsp3) is 0.316. The largest absolute Gasteiger partial charge is 0.491 e. The van der Waals surface area contributed by atoms with Crippen LogP contribution < -0.4 is 10.1 Å². The standard InChI is InChI=1S/C19H22Cl2N2O2/c1-13-5-4-6-14(2)19(13)22-18(24)12-23(3)9-10-25-17-8-7-15(20)11-16(17)21/h4-8,11H,9-10,12H2,1-3H3,(H,22,24). The number of halogens is 2. The molecular formula is C19H22Cl2N2O2. The lowest BCUT2D eigenvalue weighted by atomic mass is 10.1. The molecule has 0 aliphatic rings. The summed E-state index contributed by atoms with van der Waals surface area (Å²) in [5, 5.41) is 4.02. The molecule has 0 saturated heterocycles. The number of likely N-dealkylation sites (N-methyl/N-ethyl adjacent to an activating group) is 1. The third-order valence-electron chi connectivity index (χ3n) is 3.78. The van der Waals surface area contributed by atoms with Crippen LogP contribution in [-0.4, -0.2) is 37.6 Å². The summed E-state index contributed by atoms with van der Waals surface area (Å²) >= 11 is 11.9. The Balaban J connectivity index is 1.79. The molecule has 0 radical (unpaired) electrons. The number of benzene rings is 2. The van der Waals surface area contributed by atoms with Gasteiger partial charge in [0.15, 0.2) is 0 Å². The highest BCUT2D eigenvalue weighted by Gasteiger charge is 2.10. The minimum Gasteiger partial charge on any atom is -0.491 e. The molecule has 0 aliphatic heterocycles. The molecule has 0 atom stereocenters. The van der Waals surface area contributed by atoms with Crippen LogP contribution in [0.1, 0.15) is 11.1 Å². The number of carbonyl (C=O) groups excluding carboxylic acids is 1. The first kappa shape index (κ1) is 19.6. The number of ether oxygens (including phenoxy) is 1. The van der Waals surface area contributed by atoms with Gasteiger partial charge in [-0.1, -0.05) is 41.4 Å². The molecule has 0 aliphatic carbocycles. The minimum atomic E-state index is -0.0515. The zero-order valence-electron chi connectivity index (χ0n) is 14.6. The Morgan fingerprint density at radius 2 is 1.84 bits per heavy atom. The van der Waals surface area contributed by atoms with E-state index in [1.807, 2.05) is 44.0 Å². The number of anilines is 1. The van der Waals surface area contributed by atoms with Crippen LogP contribution in [0.2, 0.25) is 10.0 Å². The molecule has 1 N–H and O–H groups in total. The Morgan fingerprint density at radius 3 is 2.48 bits per heavy atom. The topological polar surface area (TPSA) is 41.6 Å². The molecule has 0 aromatic heterocycles. The Labute approximate surface area is 158 Å². The first-order valence-electron chi connectivity index (χ1n) is 7.99. The van der Waals surface area contributed by atoms with Crippen molar-refractivity contribution in [1.82, 2.24) is 4.90 Å². The van der Waals surface area contributed by atoms with E-state index in [0.717, 1.165) is 16.8 Å². The van der Waals surface area contributed by atoms with Crippen molar-refractivity contribution in [3.63, 3.8) is 0 Å². The summed E-state index contributed by atoms with van der Waals surface area (Å²) in [6.45, 7) is 5.27. The van der Waals surface area contributed by atoms with Crippen molar-refractivity contribution in [2.75, 3.05) is 32.1 Å². The van der Waals surface area contributed by atoms with Gasteiger partial charge in [0.05, 0.1) is 11.6 Å². The van der Waals surface area contributed by atoms with Crippen LogP contribution in [0.5, 0.6) is 5.75 Å². The quantitative estimate of drug-likeness (QED) is 0.765. The van der Waals surface area contributed by atoms with Crippen molar-refractivity contribution in [2.24, 2.45) is 0 Å². The Morgan fingerprint density at radius 1 is 1.16 bits per heavy atom. The van der Waals surface area contributed by atoms with Gasteiger partial charge in [0.2, 0.25) is 5.91 Å². The average Bonchev–Trinajstić information content (AvgIpc) is 2.53. The average molecular weight is 381 g/mol. The van der Waals surface area contributed by atoms with Gasteiger partial charge in [-0.05, 0) is 50.2 Å². The number of carbonyl (C=O) groups is 1. The van der Waals surface area contributed by atoms with Crippen LogP contribution in [0.3, 0.4) is 0 Å². The maximum Gasteiger partial charge on any atom is 0.238 e. The first-order valence-corrected chi connectivity index (χ1v) is 8.75. The lowest BCUT2D eigenvalue weighted by Gasteiger charge is -2.18. The predicted octanol–water partition coefficient (Wildman–Crippen LogP) is 4.56. The lowest BCUT2D eigenvalue weighted by molar-refractivity contribution is -0.117. The molecule has 0 saturated carbocycles. The van der Waals surface area contributed by atoms with Crippen molar-refractivity contribution in [3.05, 3.63) is 57.6 Å². The van der Waals surface area contributed by atoms with Gasteiger partial charge in [-0.15, -0.1) is 0 Å². The molecule has 2 rings (SSSR count). The zero-order chi connectivity index (χ0) is 18.4. The molecule has 2 aromatic carbocycles. The van der Waals surface area contributed by atoms with Crippen LogP contribution >= 0.6 is 23.2 Å². The first-order chi connectivity index (χ1) is 11.9. The van der Waals surface area contributed by atoms with Crippen molar-refractivity contribution >= 4 is 34.8 Å². The third-order valence-corrected chi connectivity index (χ3v) is 4.31. The summed E-state index contributed by atoms with van der Waals surface area (Å²) in [5.41, 5.74) is 2.98. The molecule has 134 valence electrons. The summed E-state index contributed by atoms with van der Waals surface area (Å²) in [6.07, 6.45) is 0. The van der Waals surface area contributed by atoms with E-state index in [4.69, 9.17) is 27.9 Å². The molecule has 0 bridgehead atoms. The SMILES string of the molecule is Cc1cccc(C)c1NC(=O)CN(C)CCOc1ccc(Cl)cc1Cl. The Bertz CT molecular complexity index is 730. The molecule has 0 fully saturated rings. The molecule has 4 nitrogen and oxygen atoms in total. The second-order valence-corrected chi connectivity index (χ2v) is 6.82. The summed E-state index contributed by atoms with van der Waals surface area (Å²) < 4.78 is 5.64. The number of para-hydroxylation sites is 1. The summed E-state index contributed by atoms with van der Waals surface area (Å²) in [7, 11) is 1.87. The molecule has 0 unspecified atom stereocenters. The van der Waals surface area contributed by atoms with Gasteiger partial charge in [-0.25, -0.2) is 0 Å². The van der Waals surface area contributed by atoms with E-state index >= 15 is 0 Å². The summed E-state index contributed by atoms with van der Waals surface area (Å²) in [6, 6.07) is 11.0. The normalized spacial score (nSPS) is 10.8. The fourth-order valence-electron chi connectivity index (χ4n) is 2.42. The van der Waals surface area contributed by atoms with Gasteiger partial charge in [0.25, 0.3) is 0 Å². The number of nitrogens with one attached hydrogen (secondary N) is 1. The number of rotatable bonds is 7. The van der Waals surface area contributed by atoms with Gasteiger partial charge in [0, 0.05) is 17.3 Å². The lowest BCUT2D eigenvalue weighted by Crippen LogP contribution is -2.33. The van der Waals surface area contributed by atoms with Gasteiger partial charge in [-0.2, -0.15) is 0 Å². The van der Waals surface area contributed by atoms with Crippen LogP contribution in [0, 0.1) is 13.8 Å². The second-order valence-electron chi connectivity index (χ2n) is 5.98. The van der Waals surface area contributed by atoms with E-state index in [-0.39, 0.29) is 12.5 Å². The van der Waals surface area contributed by atoms with E-state index in [1.54, 1.807) is 18.2 Å². The minimum absolute atomic E-state index is 0.0515. The van der Waals surface area contributed by atoms with Gasteiger partial charge >= 0.3 is 0 Å². The summed E-state index contributed by atoms with van der Waals surface area (Å²) in [4.78, 5) is 14.1. The van der Waals surface area contributed by atoms with Gasteiger partial charge in [0.1, 0.15) is 12.4 Å². The Kier molecular flexibility index (Phi) is 7.12. The van der Waals surface area contributed by atoms with Crippen LogP contribution in [-0.2, 0) is 4.79 Å². The molecule has 2 aromatic rings. The van der Waals surface area contributed by atoms with Crippen molar-refractivity contribution in [3.8, 4) is 5.75 Å². The predicted molar refractivity (Wildman–Crippen MR) is 104 cm³/mol. The maximum absolute atomic E-state index is 12.2.